The summed E-state index contributed by atoms with van der Waals surface area (Å²) in [6.07, 6.45) is -4.99. The van der Waals surface area contributed by atoms with Crippen molar-refractivity contribution in [2.45, 2.75) is 6.36 Å². The molecule has 27 heavy (non-hydrogen) atoms. The zero-order valence-corrected chi connectivity index (χ0v) is 14.2. The van der Waals surface area contributed by atoms with Crippen molar-refractivity contribution in [2.75, 3.05) is 11.1 Å². The van der Waals surface area contributed by atoms with E-state index in [-0.39, 0.29) is 27.3 Å². The molecule has 0 radical (unpaired) electrons. The molecule has 0 bridgehead atoms. The molecule has 0 amide bonds. The van der Waals surface area contributed by atoms with Crippen LogP contribution in [0.25, 0.3) is 0 Å². The number of hydrogen-bond donors (Lipinski definition) is 2. The second kappa shape index (κ2) is 7.23. The zero-order valence-electron chi connectivity index (χ0n) is 13.4. The average molecular weight is 397 g/mol. The summed E-state index contributed by atoms with van der Waals surface area (Å²) in [5, 5.41) is 2.89. The van der Waals surface area contributed by atoms with Gasteiger partial charge in [0.2, 0.25) is 5.78 Å². The monoisotopic (exact) mass is 397 g/mol. The number of aromatic nitrogens is 1. The van der Waals surface area contributed by atoms with Gasteiger partial charge >= 0.3 is 6.36 Å². The Balaban J connectivity index is 1.79. The Morgan fingerprint density at radius 1 is 1.15 bits per heavy atom. The summed E-state index contributed by atoms with van der Waals surface area (Å²) in [6, 6.07) is 11.3. The molecule has 0 unspecified atom stereocenters. The minimum Gasteiger partial charge on any atom is -0.403 e. The van der Waals surface area contributed by atoms with Crippen LogP contribution in [0.3, 0.4) is 0 Å². The van der Waals surface area contributed by atoms with Crippen molar-refractivity contribution in [2.24, 2.45) is 0 Å². The number of nitrogen functional groups attached to an aromatic ring is 1. The molecule has 3 rings (SSSR count). The van der Waals surface area contributed by atoms with Gasteiger partial charge in [-0.1, -0.05) is 41.7 Å². The Kier molecular flexibility index (Phi) is 5.00. The summed E-state index contributed by atoms with van der Waals surface area (Å²) in [5.74, 6) is -2.48. The smallest absolute Gasteiger partial charge is 0.403 e. The standard InChI is InChI=1S/C17H11F4N3O2S/c18-11-8-10(6-7-12(11)26-17(19,20)21)23-16-24-15(22)14(27-16)13(25)9-4-2-1-3-5-9/h1-8H,22H2,(H,23,24). The van der Waals surface area contributed by atoms with E-state index in [9.17, 15) is 22.4 Å². The van der Waals surface area contributed by atoms with Gasteiger partial charge in [-0.3, -0.25) is 4.79 Å². The maximum atomic E-state index is 13.8. The van der Waals surface area contributed by atoms with E-state index in [1.54, 1.807) is 30.3 Å². The first kappa shape index (κ1) is 18.6. The second-order valence-corrected chi connectivity index (χ2v) is 6.25. The van der Waals surface area contributed by atoms with Crippen molar-refractivity contribution in [1.82, 2.24) is 4.98 Å². The van der Waals surface area contributed by atoms with E-state index in [4.69, 9.17) is 5.73 Å². The van der Waals surface area contributed by atoms with Crippen LogP contribution in [0, 0.1) is 5.82 Å². The van der Waals surface area contributed by atoms with Crippen LogP contribution in [-0.4, -0.2) is 17.1 Å². The first-order valence-corrected chi connectivity index (χ1v) is 8.23. The Bertz CT molecular complexity index is 974. The summed E-state index contributed by atoms with van der Waals surface area (Å²) in [6.45, 7) is 0. The predicted molar refractivity (Wildman–Crippen MR) is 92.8 cm³/mol. The number of benzene rings is 2. The van der Waals surface area contributed by atoms with Crippen LogP contribution in [0.1, 0.15) is 15.2 Å². The molecule has 3 aromatic rings. The van der Waals surface area contributed by atoms with E-state index < -0.39 is 17.9 Å². The minimum absolute atomic E-state index is 0.00569. The van der Waals surface area contributed by atoms with Gasteiger partial charge in [0.05, 0.1) is 0 Å². The molecule has 0 saturated heterocycles. The minimum atomic E-state index is -4.99. The Morgan fingerprint density at radius 3 is 2.48 bits per heavy atom. The molecule has 0 saturated carbocycles. The van der Waals surface area contributed by atoms with Crippen LogP contribution in [-0.2, 0) is 0 Å². The maximum Gasteiger partial charge on any atom is 0.573 e. The van der Waals surface area contributed by atoms with Crippen LogP contribution in [0.5, 0.6) is 5.75 Å². The Morgan fingerprint density at radius 2 is 1.85 bits per heavy atom. The third kappa shape index (κ3) is 4.53. The molecular weight excluding hydrogens is 386 g/mol. The number of halogens is 4. The van der Waals surface area contributed by atoms with Gasteiger partial charge in [0.1, 0.15) is 10.7 Å². The summed E-state index contributed by atoms with van der Waals surface area (Å²) in [5.41, 5.74) is 6.33. The molecular formula is C17H11F4N3O2S. The van der Waals surface area contributed by atoms with Crippen LogP contribution < -0.4 is 15.8 Å². The SMILES string of the molecule is Nc1nc(Nc2ccc(OC(F)(F)F)c(F)c2)sc1C(=O)c1ccccc1. The van der Waals surface area contributed by atoms with Crippen molar-refractivity contribution in [3.05, 3.63) is 64.8 Å². The number of carbonyl (C=O) groups excluding carboxylic acids is 1. The fraction of sp³-hybridized carbons (Fsp3) is 0.0588. The summed E-state index contributed by atoms with van der Waals surface area (Å²) in [4.78, 5) is 16.6. The summed E-state index contributed by atoms with van der Waals surface area (Å²) in [7, 11) is 0. The maximum absolute atomic E-state index is 13.8. The normalized spacial score (nSPS) is 11.3. The number of nitrogens with one attached hydrogen (secondary N) is 1. The van der Waals surface area contributed by atoms with Crippen molar-refractivity contribution in [3.63, 3.8) is 0 Å². The number of anilines is 3. The Labute approximate surface area is 154 Å². The van der Waals surface area contributed by atoms with Crippen LogP contribution in [0.15, 0.2) is 48.5 Å². The molecule has 3 N–H and O–H groups in total. The number of hydrogen-bond acceptors (Lipinski definition) is 6. The molecule has 0 fully saturated rings. The van der Waals surface area contributed by atoms with Gasteiger partial charge in [-0.15, -0.1) is 13.2 Å². The molecule has 1 heterocycles. The van der Waals surface area contributed by atoms with Gasteiger partial charge in [0.15, 0.2) is 16.7 Å². The van der Waals surface area contributed by atoms with Gasteiger partial charge in [-0.2, -0.15) is 0 Å². The lowest BCUT2D eigenvalue weighted by molar-refractivity contribution is -0.275. The fourth-order valence-corrected chi connectivity index (χ4v) is 3.05. The van der Waals surface area contributed by atoms with E-state index >= 15 is 0 Å². The highest BCUT2D eigenvalue weighted by Gasteiger charge is 2.32. The van der Waals surface area contributed by atoms with Crippen molar-refractivity contribution in [1.29, 1.82) is 0 Å². The van der Waals surface area contributed by atoms with E-state index in [0.717, 1.165) is 23.5 Å². The van der Waals surface area contributed by atoms with Gasteiger partial charge in [0.25, 0.3) is 0 Å². The highest BCUT2D eigenvalue weighted by Crippen LogP contribution is 2.32. The quantitative estimate of drug-likeness (QED) is 0.480. The molecule has 1 aromatic heterocycles. The molecule has 0 aliphatic carbocycles. The molecule has 0 aliphatic heterocycles. The fourth-order valence-electron chi connectivity index (χ4n) is 2.18. The van der Waals surface area contributed by atoms with E-state index in [1.807, 2.05) is 0 Å². The third-order valence-corrected chi connectivity index (χ3v) is 4.29. The summed E-state index contributed by atoms with van der Waals surface area (Å²) < 4.78 is 53.8. The van der Waals surface area contributed by atoms with Crippen molar-refractivity contribution < 1.29 is 27.1 Å². The lowest BCUT2D eigenvalue weighted by atomic mass is 10.1. The molecule has 2 aromatic carbocycles. The molecule has 0 aliphatic rings. The lowest BCUT2D eigenvalue weighted by Gasteiger charge is -2.10. The van der Waals surface area contributed by atoms with Crippen LogP contribution >= 0.6 is 11.3 Å². The number of thiazole rings is 1. The van der Waals surface area contributed by atoms with Crippen molar-refractivity contribution >= 4 is 33.8 Å². The second-order valence-electron chi connectivity index (χ2n) is 5.25. The number of alkyl halides is 3. The Hall–Kier alpha value is -3.14. The van der Waals surface area contributed by atoms with E-state index in [1.165, 1.54) is 6.07 Å². The predicted octanol–water partition coefficient (Wildman–Crippen LogP) is 4.74. The summed E-state index contributed by atoms with van der Waals surface area (Å²) >= 11 is 0.947. The number of carbonyl (C=O) groups is 1. The van der Waals surface area contributed by atoms with Crippen LogP contribution in [0.2, 0.25) is 0 Å². The largest absolute Gasteiger partial charge is 0.573 e. The first-order valence-electron chi connectivity index (χ1n) is 7.41. The third-order valence-electron chi connectivity index (χ3n) is 3.30. The number of rotatable bonds is 5. The molecule has 10 heteroatoms. The molecule has 0 spiro atoms. The van der Waals surface area contributed by atoms with E-state index in [2.05, 4.69) is 15.0 Å². The lowest BCUT2D eigenvalue weighted by Crippen LogP contribution is -2.17. The van der Waals surface area contributed by atoms with Crippen molar-refractivity contribution in [3.8, 4) is 5.75 Å². The highest BCUT2D eigenvalue weighted by atomic mass is 32.1. The van der Waals surface area contributed by atoms with Crippen LogP contribution in [0.4, 0.5) is 34.2 Å². The van der Waals surface area contributed by atoms with Gasteiger partial charge in [-0.25, -0.2) is 9.37 Å². The van der Waals surface area contributed by atoms with Gasteiger partial charge in [0, 0.05) is 17.3 Å². The highest BCUT2D eigenvalue weighted by molar-refractivity contribution is 7.18. The number of nitrogens with zero attached hydrogens (tertiary/aromatic N) is 1. The molecule has 140 valence electrons. The molecule has 5 nitrogen and oxygen atoms in total. The van der Waals surface area contributed by atoms with Gasteiger partial charge in [-0.05, 0) is 12.1 Å². The van der Waals surface area contributed by atoms with E-state index in [0.29, 0.717) is 5.56 Å². The molecule has 0 atom stereocenters. The number of nitrogens with two attached hydrogens (primary N) is 1. The first-order chi connectivity index (χ1) is 12.7. The average Bonchev–Trinajstić information content (AvgIpc) is 2.96. The number of ketones is 1. The van der Waals surface area contributed by atoms with Gasteiger partial charge < -0.3 is 15.8 Å². The zero-order chi connectivity index (χ0) is 19.6. The topological polar surface area (TPSA) is 77.2 Å². The number of ether oxygens (including phenoxy) is 1.